The topological polar surface area (TPSA) is 54.6 Å². The highest BCUT2D eigenvalue weighted by Crippen LogP contribution is 2.30. The molecule has 0 saturated carbocycles. The standard InChI is InChI=1S/C20H12Cl2N2O2S/c21-13-3-1-12(2-4-13)17-10-9-16(26-17)11-18-19(25)24-20(27-18)23-15-7-5-14(22)6-8-15/h1-11H,(H,23,24,25)/b18-11+. The number of amidine groups is 1. The summed E-state index contributed by atoms with van der Waals surface area (Å²) in [6, 6.07) is 18.1. The van der Waals surface area contributed by atoms with Gasteiger partial charge in [0, 0.05) is 21.7 Å². The molecule has 0 atom stereocenters. The first-order chi connectivity index (χ1) is 13.1. The van der Waals surface area contributed by atoms with E-state index in [9.17, 15) is 4.79 Å². The van der Waals surface area contributed by atoms with E-state index in [1.165, 1.54) is 11.8 Å². The summed E-state index contributed by atoms with van der Waals surface area (Å²) in [4.78, 5) is 17.1. The van der Waals surface area contributed by atoms with Crippen LogP contribution in [-0.4, -0.2) is 11.1 Å². The van der Waals surface area contributed by atoms with Gasteiger partial charge in [0.25, 0.3) is 5.91 Å². The number of benzene rings is 2. The van der Waals surface area contributed by atoms with Gasteiger partial charge in [0.15, 0.2) is 5.17 Å². The molecular formula is C20H12Cl2N2O2S. The Kier molecular flexibility index (Phi) is 5.07. The van der Waals surface area contributed by atoms with E-state index in [0.29, 0.717) is 37.3 Å². The molecule has 0 spiro atoms. The predicted molar refractivity (Wildman–Crippen MR) is 111 cm³/mol. The van der Waals surface area contributed by atoms with Crippen molar-refractivity contribution >= 4 is 57.8 Å². The quantitative estimate of drug-likeness (QED) is 0.523. The number of furan rings is 1. The van der Waals surface area contributed by atoms with Gasteiger partial charge < -0.3 is 9.73 Å². The third-order valence-corrected chi connectivity index (χ3v) is 5.15. The van der Waals surface area contributed by atoms with Crippen molar-refractivity contribution in [2.75, 3.05) is 0 Å². The first kappa shape index (κ1) is 17.9. The van der Waals surface area contributed by atoms with E-state index >= 15 is 0 Å². The molecule has 0 radical (unpaired) electrons. The summed E-state index contributed by atoms with van der Waals surface area (Å²) >= 11 is 13.0. The van der Waals surface area contributed by atoms with E-state index in [1.807, 2.05) is 24.3 Å². The molecule has 7 heteroatoms. The largest absolute Gasteiger partial charge is 0.457 e. The zero-order valence-corrected chi connectivity index (χ0v) is 16.1. The number of aliphatic imine (C=N–C) groups is 1. The highest BCUT2D eigenvalue weighted by Gasteiger charge is 2.24. The van der Waals surface area contributed by atoms with Crippen molar-refractivity contribution in [1.82, 2.24) is 5.32 Å². The summed E-state index contributed by atoms with van der Waals surface area (Å²) in [5.41, 5.74) is 1.63. The van der Waals surface area contributed by atoms with Gasteiger partial charge in [-0.15, -0.1) is 0 Å². The van der Waals surface area contributed by atoms with Crippen LogP contribution in [0.15, 0.2) is 75.0 Å². The van der Waals surface area contributed by atoms with Gasteiger partial charge in [-0.3, -0.25) is 4.79 Å². The molecule has 1 amide bonds. The lowest BCUT2D eigenvalue weighted by atomic mass is 10.2. The molecule has 3 aromatic rings. The number of rotatable bonds is 3. The maximum absolute atomic E-state index is 12.2. The molecule has 1 aliphatic heterocycles. The normalized spacial score (nSPS) is 16.9. The Morgan fingerprint density at radius 3 is 2.30 bits per heavy atom. The lowest BCUT2D eigenvalue weighted by Gasteiger charge is -1.96. The molecule has 2 aromatic carbocycles. The van der Waals surface area contributed by atoms with Crippen LogP contribution in [0, 0.1) is 0 Å². The number of amides is 1. The first-order valence-electron chi connectivity index (χ1n) is 7.98. The third-order valence-electron chi connectivity index (χ3n) is 3.74. The third kappa shape index (κ3) is 4.27. The van der Waals surface area contributed by atoms with Gasteiger partial charge in [0.05, 0.1) is 10.6 Å². The Labute approximate surface area is 169 Å². The van der Waals surface area contributed by atoms with Gasteiger partial charge in [-0.2, -0.15) is 0 Å². The number of hydrogen-bond acceptors (Lipinski definition) is 4. The molecule has 1 aromatic heterocycles. The molecule has 1 saturated heterocycles. The van der Waals surface area contributed by atoms with Gasteiger partial charge >= 0.3 is 0 Å². The monoisotopic (exact) mass is 414 g/mol. The minimum atomic E-state index is -0.211. The molecule has 1 aliphatic rings. The summed E-state index contributed by atoms with van der Waals surface area (Å²) < 4.78 is 5.82. The van der Waals surface area contributed by atoms with Crippen LogP contribution in [0.25, 0.3) is 17.4 Å². The number of carbonyl (C=O) groups excluding carboxylic acids is 1. The number of hydrogen-bond donors (Lipinski definition) is 1. The summed E-state index contributed by atoms with van der Waals surface area (Å²) in [6.07, 6.45) is 1.70. The predicted octanol–water partition coefficient (Wildman–Crippen LogP) is 6.15. The maximum Gasteiger partial charge on any atom is 0.264 e. The molecule has 1 fully saturated rings. The first-order valence-corrected chi connectivity index (χ1v) is 9.55. The van der Waals surface area contributed by atoms with Crippen LogP contribution in [0.5, 0.6) is 0 Å². The van der Waals surface area contributed by atoms with Gasteiger partial charge in [0.1, 0.15) is 11.5 Å². The smallest absolute Gasteiger partial charge is 0.264 e. The van der Waals surface area contributed by atoms with Crippen molar-refractivity contribution in [3.8, 4) is 11.3 Å². The lowest BCUT2D eigenvalue weighted by molar-refractivity contribution is -0.115. The number of carbonyl (C=O) groups is 1. The number of halogens is 2. The van der Waals surface area contributed by atoms with Crippen LogP contribution >= 0.6 is 35.0 Å². The molecule has 0 bridgehead atoms. The fraction of sp³-hybridized carbons (Fsp3) is 0. The molecule has 134 valence electrons. The highest BCUT2D eigenvalue weighted by molar-refractivity contribution is 8.18. The molecule has 2 heterocycles. The molecule has 27 heavy (non-hydrogen) atoms. The van der Waals surface area contributed by atoms with Crippen LogP contribution in [0.4, 0.5) is 5.69 Å². The molecule has 0 aliphatic carbocycles. The van der Waals surface area contributed by atoms with E-state index in [1.54, 1.807) is 42.5 Å². The van der Waals surface area contributed by atoms with Crippen LogP contribution in [0.1, 0.15) is 5.76 Å². The zero-order chi connectivity index (χ0) is 18.8. The molecule has 4 rings (SSSR count). The van der Waals surface area contributed by atoms with Crippen molar-refractivity contribution in [3.63, 3.8) is 0 Å². The second kappa shape index (κ2) is 7.64. The van der Waals surface area contributed by atoms with E-state index in [0.717, 1.165) is 5.56 Å². The van der Waals surface area contributed by atoms with Crippen molar-refractivity contribution in [2.24, 2.45) is 4.99 Å². The SMILES string of the molecule is O=C1NC(=Nc2ccc(Cl)cc2)S/C1=C/c1ccc(-c2ccc(Cl)cc2)o1. The van der Waals surface area contributed by atoms with Gasteiger partial charge in [-0.05, 0) is 72.4 Å². The van der Waals surface area contributed by atoms with Gasteiger partial charge in [0.2, 0.25) is 0 Å². The average Bonchev–Trinajstić information content (AvgIpc) is 3.25. The van der Waals surface area contributed by atoms with Crippen LogP contribution in [-0.2, 0) is 4.79 Å². The van der Waals surface area contributed by atoms with Crippen molar-refractivity contribution in [3.05, 3.63) is 81.4 Å². The fourth-order valence-corrected chi connectivity index (χ4v) is 3.52. The fourth-order valence-electron chi connectivity index (χ4n) is 2.44. The summed E-state index contributed by atoms with van der Waals surface area (Å²) in [5.74, 6) is 1.08. The Bertz CT molecular complexity index is 1050. The van der Waals surface area contributed by atoms with E-state index in [-0.39, 0.29) is 5.91 Å². The number of thioether (sulfide) groups is 1. The maximum atomic E-state index is 12.2. The average molecular weight is 415 g/mol. The van der Waals surface area contributed by atoms with Crippen LogP contribution < -0.4 is 5.32 Å². The van der Waals surface area contributed by atoms with Gasteiger partial charge in [-0.25, -0.2) is 4.99 Å². The second-order valence-electron chi connectivity index (χ2n) is 5.67. The zero-order valence-electron chi connectivity index (χ0n) is 13.8. The minimum Gasteiger partial charge on any atom is -0.457 e. The summed E-state index contributed by atoms with van der Waals surface area (Å²) in [6.45, 7) is 0. The Balaban J connectivity index is 1.53. The van der Waals surface area contributed by atoms with Crippen molar-refractivity contribution in [2.45, 2.75) is 0 Å². The van der Waals surface area contributed by atoms with E-state index < -0.39 is 0 Å². The Morgan fingerprint density at radius 1 is 0.926 bits per heavy atom. The minimum absolute atomic E-state index is 0.211. The lowest BCUT2D eigenvalue weighted by Crippen LogP contribution is -2.19. The highest BCUT2D eigenvalue weighted by atomic mass is 35.5. The van der Waals surface area contributed by atoms with Crippen molar-refractivity contribution in [1.29, 1.82) is 0 Å². The molecule has 0 unspecified atom stereocenters. The van der Waals surface area contributed by atoms with Gasteiger partial charge in [-0.1, -0.05) is 23.2 Å². The Morgan fingerprint density at radius 2 is 1.59 bits per heavy atom. The number of nitrogens with zero attached hydrogens (tertiary/aromatic N) is 1. The van der Waals surface area contributed by atoms with E-state index in [2.05, 4.69) is 10.3 Å². The van der Waals surface area contributed by atoms with Crippen LogP contribution in [0.3, 0.4) is 0 Å². The Hall–Kier alpha value is -2.47. The van der Waals surface area contributed by atoms with Crippen molar-refractivity contribution < 1.29 is 9.21 Å². The number of nitrogens with one attached hydrogen (secondary N) is 1. The summed E-state index contributed by atoms with van der Waals surface area (Å²) in [7, 11) is 0. The van der Waals surface area contributed by atoms with E-state index in [4.69, 9.17) is 27.6 Å². The van der Waals surface area contributed by atoms with Crippen LogP contribution in [0.2, 0.25) is 10.0 Å². The summed E-state index contributed by atoms with van der Waals surface area (Å²) in [5, 5.41) is 4.56. The second-order valence-corrected chi connectivity index (χ2v) is 7.57. The molecule has 4 nitrogen and oxygen atoms in total. The molecule has 1 N–H and O–H groups in total. The molecular weight excluding hydrogens is 403 g/mol.